The van der Waals surface area contributed by atoms with Gasteiger partial charge < -0.3 is 4.74 Å². The predicted molar refractivity (Wildman–Crippen MR) is 64.0 cm³/mol. The van der Waals surface area contributed by atoms with E-state index in [-0.39, 0.29) is 4.90 Å². The van der Waals surface area contributed by atoms with Crippen LogP contribution in [0.15, 0.2) is 46.7 Å². The van der Waals surface area contributed by atoms with Crippen molar-refractivity contribution in [3.63, 3.8) is 0 Å². The third kappa shape index (κ3) is 4.40. The molecule has 1 atom stereocenters. The summed E-state index contributed by atoms with van der Waals surface area (Å²) >= 11 is 0. The SMILES string of the molecule is CC(=O)OC(C)/C=C/S(=O)(=O)c1ccccc1. The molecule has 0 spiro atoms. The third-order valence-electron chi connectivity index (χ3n) is 1.95. The minimum absolute atomic E-state index is 0.214. The van der Waals surface area contributed by atoms with Crippen molar-refractivity contribution in [2.75, 3.05) is 0 Å². The van der Waals surface area contributed by atoms with Gasteiger partial charge in [0.25, 0.3) is 0 Å². The van der Waals surface area contributed by atoms with Crippen molar-refractivity contribution in [3.05, 3.63) is 41.8 Å². The largest absolute Gasteiger partial charge is 0.459 e. The fourth-order valence-corrected chi connectivity index (χ4v) is 2.33. The second-order valence-corrected chi connectivity index (χ2v) is 5.33. The van der Waals surface area contributed by atoms with Gasteiger partial charge in [0.05, 0.1) is 4.90 Å². The second kappa shape index (κ2) is 5.63. The number of carbonyl (C=O) groups is 1. The highest BCUT2D eigenvalue weighted by atomic mass is 32.2. The van der Waals surface area contributed by atoms with Crippen LogP contribution in [-0.4, -0.2) is 20.5 Å². The Balaban J connectivity index is 2.81. The summed E-state index contributed by atoms with van der Waals surface area (Å²) in [6, 6.07) is 8.06. The fourth-order valence-electron chi connectivity index (χ4n) is 1.20. The quantitative estimate of drug-likeness (QED) is 0.770. The van der Waals surface area contributed by atoms with E-state index in [1.807, 2.05) is 0 Å². The lowest BCUT2D eigenvalue weighted by Gasteiger charge is -2.06. The third-order valence-corrected chi connectivity index (χ3v) is 3.40. The van der Waals surface area contributed by atoms with Gasteiger partial charge >= 0.3 is 5.97 Å². The number of benzene rings is 1. The molecular formula is C12H14O4S. The highest BCUT2D eigenvalue weighted by Crippen LogP contribution is 2.11. The van der Waals surface area contributed by atoms with E-state index in [4.69, 9.17) is 4.74 Å². The van der Waals surface area contributed by atoms with Gasteiger partial charge in [-0.2, -0.15) is 0 Å². The van der Waals surface area contributed by atoms with E-state index in [0.29, 0.717) is 0 Å². The molecule has 92 valence electrons. The molecule has 1 aromatic rings. The highest BCUT2D eigenvalue weighted by Gasteiger charge is 2.10. The smallest absolute Gasteiger partial charge is 0.303 e. The lowest BCUT2D eigenvalue weighted by atomic mass is 10.4. The number of carbonyl (C=O) groups excluding carboxylic acids is 1. The summed E-state index contributed by atoms with van der Waals surface area (Å²) in [5.41, 5.74) is 0. The Kier molecular flexibility index (Phi) is 4.45. The summed E-state index contributed by atoms with van der Waals surface area (Å²) in [4.78, 5) is 10.9. The van der Waals surface area contributed by atoms with E-state index in [0.717, 1.165) is 5.41 Å². The average molecular weight is 254 g/mol. The first-order valence-electron chi connectivity index (χ1n) is 5.07. The maximum atomic E-state index is 11.8. The summed E-state index contributed by atoms with van der Waals surface area (Å²) in [6.45, 7) is 2.87. The second-order valence-electron chi connectivity index (χ2n) is 3.50. The van der Waals surface area contributed by atoms with Crippen LogP contribution in [-0.2, 0) is 19.4 Å². The van der Waals surface area contributed by atoms with Crippen LogP contribution in [0.25, 0.3) is 0 Å². The molecule has 4 nitrogen and oxygen atoms in total. The van der Waals surface area contributed by atoms with Crippen LogP contribution < -0.4 is 0 Å². The van der Waals surface area contributed by atoms with Gasteiger partial charge in [0.15, 0.2) is 9.84 Å². The van der Waals surface area contributed by atoms with E-state index < -0.39 is 21.9 Å². The normalized spacial score (nSPS) is 13.5. The van der Waals surface area contributed by atoms with Crippen molar-refractivity contribution in [1.82, 2.24) is 0 Å². The van der Waals surface area contributed by atoms with Crippen LogP contribution in [0.5, 0.6) is 0 Å². The lowest BCUT2D eigenvalue weighted by molar-refractivity contribution is -0.143. The van der Waals surface area contributed by atoms with Crippen LogP contribution in [0.4, 0.5) is 0 Å². The highest BCUT2D eigenvalue weighted by molar-refractivity contribution is 7.94. The molecule has 1 rings (SSSR count). The Bertz CT molecular complexity index is 503. The number of hydrogen-bond donors (Lipinski definition) is 0. The Hall–Kier alpha value is -1.62. The molecule has 0 aliphatic rings. The van der Waals surface area contributed by atoms with E-state index in [9.17, 15) is 13.2 Å². The van der Waals surface area contributed by atoms with Crippen LogP contribution >= 0.6 is 0 Å². The van der Waals surface area contributed by atoms with E-state index in [1.165, 1.54) is 25.1 Å². The molecule has 0 amide bonds. The standard InChI is InChI=1S/C12H14O4S/c1-10(16-11(2)13)8-9-17(14,15)12-6-4-3-5-7-12/h3-10H,1-2H3/b9-8+. The summed E-state index contributed by atoms with van der Waals surface area (Å²) in [7, 11) is -3.46. The number of esters is 1. The van der Waals surface area contributed by atoms with Crippen LogP contribution in [0.3, 0.4) is 0 Å². The molecular weight excluding hydrogens is 240 g/mol. The molecule has 17 heavy (non-hydrogen) atoms. The molecule has 0 saturated heterocycles. The van der Waals surface area contributed by atoms with Gasteiger partial charge in [0.2, 0.25) is 0 Å². The van der Waals surface area contributed by atoms with Gasteiger partial charge in [0, 0.05) is 12.3 Å². The zero-order valence-electron chi connectivity index (χ0n) is 9.66. The fraction of sp³-hybridized carbons (Fsp3) is 0.250. The first-order valence-corrected chi connectivity index (χ1v) is 6.62. The van der Waals surface area contributed by atoms with Crippen molar-refractivity contribution in [2.24, 2.45) is 0 Å². The predicted octanol–water partition coefficient (Wildman–Crippen LogP) is 1.93. The Morgan fingerprint density at radius 3 is 2.41 bits per heavy atom. The number of ether oxygens (including phenoxy) is 1. The van der Waals surface area contributed by atoms with Gasteiger partial charge in [-0.1, -0.05) is 18.2 Å². The maximum Gasteiger partial charge on any atom is 0.303 e. The molecule has 0 heterocycles. The van der Waals surface area contributed by atoms with Crippen molar-refractivity contribution >= 4 is 15.8 Å². The molecule has 0 aliphatic carbocycles. The van der Waals surface area contributed by atoms with E-state index in [2.05, 4.69) is 0 Å². The summed E-state index contributed by atoms with van der Waals surface area (Å²) in [6.07, 6.45) is 0.773. The molecule has 5 heteroatoms. The molecule has 0 bridgehead atoms. The summed E-state index contributed by atoms with van der Waals surface area (Å²) in [5, 5.41) is 1.05. The monoisotopic (exact) mass is 254 g/mol. The first-order chi connectivity index (χ1) is 7.92. The minimum Gasteiger partial charge on any atom is -0.459 e. The van der Waals surface area contributed by atoms with E-state index >= 15 is 0 Å². The van der Waals surface area contributed by atoms with Crippen molar-refractivity contribution in [2.45, 2.75) is 24.8 Å². The Morgan fingerprint density at radius 1 is 1.29 bits per heavy atom. The molecule has 0 saturated carbocycles. The van der Waals surface area contributed by atoms with Crippen LogP contribution in [0.1, 0.15) is 13.8 Å². The maximum absolute atomic E-state index is 11.8. The number of sulfone groups is 1. The molecule has 0 N–H and O–H groups in total. The van der Waals surface area contributed by atoms with Gasteiger partial charge in [0.1, 0.15) is 6.10 Å². The van der Waals surface area contributed by atoms with Crippen molar-refractivity contribution in [3.8, 4) is 0 Å². The van der Waals surface area contributed by atoms with Gasteiger partial charge in [-0.25, -0.2) is 8.42 Å². The van der Waals surface area contributed by atoms with Gasteiger partial charge in [-0.15, -0.1) is 0 Å². The van der Waals surface area contributed by atoms with Crippen molar-refractivity contribution in [1.29, 1.82) is 0 Å². The molecule has 0 fully saturated rings. The van der Waals surface area contributed by atoms with Crippen LogP contribution in [0.2, 0.25) is 0 Å². The van der Waals surface area contributed by atoms with Gasteiger partial charge in [-0.3, -0.25) is 4.79 Å². The summed E-state index contributed by atoms with van der Waals surface area (Å²) < 4.78 is 28.4. The molecule has 1 unspecified atom stereocenters. The van der Waals surface area contributed by atoms with Crippen LogP contribution in [0, 0.1) is 0 Å². The number of rotatable bonds is 4. The van der Waals surface area contributed by atoms with E-state index in [1.54, 1.807) is 25.1 Å². The zero-order valence-corrected chi connectivity index (χ0v) is 10.5. The zero-order chi connectivity index (χ0) is 12.9. The molecule has 0 aliphatic heterocycles. The van der Waals surface area contributed by atoms with Crippen molar-refractivity contribution < 1.29 is 17.9 Å². The number of hydrogen-bond acceptors (Lipinski definition) is 4. The lowest BCUT2D eigenvalue weighted by Crippen LogP contribution is -2.09. The minimum atomic E-state index is -3.46. The Morgan fingerprint density at radius 2 is 1.88 bits per heavy atom. The average Bonchev–Trinajstić information content (AvgIpc) is 2.27. The Labute approximate surface area is 101 Å². The molecule has 1 aromatic carbocycles. The molecule has 0 radical (unpaired) electrons. The topological polar surface area (TPSA) is 60.4 Å². The first kappa shape index (κ1) is 13.4. The molecule has 0 aromatic heterocycles. The van der Waals surface area contributed by atoms with Gasteiger partial charge in [-0.05, 0) is 25.1 Å². The summed E-state index contributed by atoms with van der Waals surface area (Å²) in [5.74, 6) is -0.445.